The van der Waals surface area contributed by atoms with Crippen LogP contribution in [0.5, 0.6) is 0 Å². The van der Waals surface area contributed by atoms with Crippen LogP contribution >= 0.6 is 23.5 Å². The number of aliphatic hydroxyl groups excluding tert-OH is 4. The molecule has 0 aromatic rings. The van der Waals surface area contributed by atoms with E-state index in [2.05, 4.69) is 48.1 Å². The van der Waals surface area contributed by atoms with Crippen LogP contribution in [-0.4, -0.2) is 140 Å². The predicted octanol–water partition coefficient (Wildman–Crippen LogP) is 12.4. The summed E-state index contributed by atoms with van der Waals surface area (Å²) in [5, 5.41) is 48.9. The smallest absolute Gasteiger partial charge is 0.243 e. The number of carbonyl (C=O) groups excluding carboxylic acids is 4. The molecule has 0 aromatic heterocycles. The Labute approximate surface area is 462 Å². The van der Waals surface area contributed by atoms with Gasteiger partial charge >= 0.3 is 0 Å². The maximum absolute atomic E-state index is 13.2. The Hall–Kier alpha value is -1.26. The van der Waals surface area contributed by atoms with Crippen LogP contribution in [0.2, 0.25) is 0 Å². The zero-order valence-electron chi connectivity index (χ0n) is 48.1. The normalized spacial score (nSPS) is 16.7. The highest BCUT2D eigenvalue weighted by Gasteiger charge is 2.36. The Balaban J connectivity index is 2.64. The molecule has 1 aliphatic rings. The van der Waals surface area contributed by atoms with Crippen molar-refractivity contribution in [1.82, 2.24) is 20.4 Å². The van der Waals surface area contributed by atoms with Crippen molar-refractivity contribution >= 4 is 45.6 Å². The van der Waals surface area contributed by atoms with E-state index in [0.29, 0.717) is 76.5 Å². The number of aliphatic hydroxyl groups is 4. The number of amides is 2. The number of hydrogen-bond acceptors (Lipinski definition) is 12. The number of thioether (sulfide) groups is 2. The fourth-order valence-corrected chi connectivity index (χ4v) is 11.8. The van der Waals surface area contributed by atoms with Crippen LogP contribution in [0.1, 0.15) is 272 Å². The Morgan fingerprint density at radius 2 is 0.608 bits per heavy atom. The van der Waals surface area contributed by atoms with E-state index in [1.807, 2.05) is 0 Å². The molecule has 1 aliphatic heterocycles. The highest BCUT2D eigenvalue weighted by Crippen LogP contribution is 2.19. The van der Waals surface area contributed by atoms with Gasteiger partial charge < -0.3 is 31.1 Å². The van der Waals surface area contributed by atoms with E-state index in [1.54, 1.807) is 0 Å². The van der Waals surface area contributed by atoms with Crippen LogP contribution in [0.3, 0.4) is 0 Å². The minimum atomic E-state index is -1.03. The van der Waals surface area contributed by atoms with Crippen molar-refractivity contribution in [2.75, 3.05) is 50.8 Å². The molecule has 1 fully saturated rings. The molecule has 0 spiro atoms. The molecule has 12 nitrogen and oxygen atoms in total. The van der Waals surface area contributed by atoms with Gasteiger partial charge in [0.25, 0.3) is 0 Å². The molecule has 6 N–H and O–H groups in total. The fourth-order valence-electron chi connectivity index (χ4n) is 10.1. The van der Waals surface area contributed by atoms with Gasteiger partial charge in [0.2, 0.25) is 11.8 Å². The van der Waals surface area contributed by atoms with Crippen molar-refractivity contribution in [3.8, 4) is 0 Å². The molecule has 6 atom stereocenters. The van der Waals surface area contributed by atoms with Crippen molar-refractivity contribution in [1.29, 1.82) is 0 Å². The standard InChI is InChI=1S/C60H116N4O8S2/c1-5-9-13-17-21-25-29-33-37-51(65)47-63(48-52(66)38-34-30-26-22-18-14-10-6-2)41-43-73-57(69)45-55-59(71)62-56(60(72)61-55)46-58(70)74-44-42-64(49-53(67)39-35-31-27-23-19-15-11-7-3)50-54(68)40-36-32-28-24-20-16-12-8-4/h51-56,65-68H,5-50H2,1-4H3,(H,61,72)(H,62,71). The summed E-state index contributed by atoms with van der Waals surface area (Å²) < 4.78 is 0. The van der Waals surface area contributed by atoms with Crippen LogP contribution in [0.15, 0.2) is 0 Å². The fraction of sp³-hybridized carbons (Fsp3) is 0.933. The van der Waals surface area contributed by atoms with Gasteiger partial charge in [-0.05, 0) is 25.7 Å². The van der Waals surface area contributed by atoms with Gasteiger partial charge in [0.05, 0.1) is 24.4 Å². The summed E-state index contributed by atoms with van der Waals surface area (Å²) in [5.41, 5.74) is 0. The first-order valence-electron chi connectivity index (χ1n) is 31.0. The Morgan fingerprint density at radius 1 is 0.392 bits per heavy atom. The lowest BCUT2D eigenvalue weighted by atomic mass is 10.0. The summed E-state index contributed by atoms with van der Waals surface area (Å²) in [4.78, 5) is 56.9. The Bertz CT molecular complexity index is 1200. The predicted molar refractivity (Wildman–Crippen MR) is 314 cm³/mol. The van der Waals surface area contributed by atoms with Crippen molar-refractivity contribution in [3.05, 3.63) is 0 Å². The maximum atomic E-state index is 13.2. The zero-order valence-corrected chi connectivity index (χ0v) is 49.8. The number of piperazine rings is 1. The number of nitrogens with one attached hydrogen (secondary N) is 2. The molecule has 0 aromatic carbocycles. The van der Waals surface area contributed by atoms with E-state index in [9.17, 15) is 39.6 Å². The maximum Gasteiger partial charge on any atom is 0.243 e. The second kappa shape index (κ2) is 50.0. The third-order valence-corrected chi connectivity index (χ3v) is 16.5. The third kappa shape index (κ3) is 41.8. The molecule has 1 heterocycles. The first-order chi connectivity index (χ1) is 35.9. The first-order valence-corrected chi connectivity index (χ1v) is 33.0. The van der Waals surface area contributed by atoms with E-state index in [1.165, 1.54) is 154 Å². The summed E-state index contributed by atoms with van der Waals surface area (Å²) in [7, 11) is 0. The molecule has 436 valence electrons. The molecular weight excluding hydrogens is 969 g/mol. The molecule has 1 saturated heterocycles. The number of rotatable bonds is 54. The van der Waals surface area contributed by atoms with Gasteiger partial charge in [-0.3, -0.25) is 29.0 Å². The average Bonchev–Trinajstić information content (AvgIpc) is 3.36. The van der Waals surface area contributed by atoms with Gasteiger partial charge in [-0.1, -0.05) is 257 Å². The monoisotopic (exact) mass is 1080 g/mol. The van der Waals surface area contributed by atoms with Gasteiger partial charge in [0.1, 0.15) is 12.1 Å². The van der Waals surface area contributed by atoms with Crippen molar-refractivity contribution in [2.24, 2.45) is 0 Å². The summed E-state index contributed by atoms with van der Waals surface area (Å²) in [6, 6.07) is -2.05. The lowest BCUT2D eigenvalue weighted by molar-refractivity contribution is -0.138. The average molecular weight is 1090 g/mol. The van der Waals surface area contributed by atoms with E-state index in [4.69, 9.17) is 0 Å². The molecule has 2 amide bonds. The second-order valence-corrected chi connectivity index (χ2v) is 24.5. The van der Waals surface area contributed by atoms with E-state index >= 15 is 0 Å². The van der Waals surface area contributed by atoms with Gasteiger partial charge in [0.15, 0.2) is 10.2 Å². The Morgan fingerprint density at radius 3 is 0.838 bits per heavy atom. The first kappa shape index (κ1) is 70.8. The molecule has 0 aliphatic carbocycles. The lowest BCUT2D eigenvalue weighted by Crippen LogP contribution is -2.62. The zero-order chi connectivity index (χ0) is 54.3. The Kier molecular flexibility index (Phi) is 47.8. The molecule has 1 rings (SSSR count). The molecule has 0 bridgehead atoms. The van der Waals surface area contributed by atoms with Crippen molar-refractivity contribution < 1.29 is 39.6 Å². The summed E-state index contributed by atoms with van der Waals surface area (Å²) in [6.45, 7) is 11.6. The van der Waals surface area contributed by atoms with Crippen molar-refractivity contribution in [2.45, 2.75) is 308 Å². The molecule has 14 heteroatoms. The number of carbonyl (C=O) groups is 4. The summed E-state index contributed by atoms with van der Waals surface area (Å²) in [5.74, 6) is -0.118. The van der Waals surface area contributed by atoms with Crippen LogP contribution in [0.25, 0.3) is 0 Å². The molecular formula is C60H116N4O8S2. The van der Waals surface area contributed by atoms with E-state index in [-0.39, 0.29) is 23.1 Å². The SMILES string of the molecule is CCCCCCCCCCC(O)CN(CCSC(=O)CC1NC(=O)C(CC(=O)SCCN(CC(O)CCCCCCCCCC)CC(O)CCCCCCCCCC)NC1=O)CC(O)CCCCCCCCCC. The quantitative estimate of drug-likeness (QED) is 0.0318. The van der Waals surface area contributed by atoms with E-state index in [0.717, 1.165) is 74.9 Å². The van der Waals surface area contributed by atoms with Crippen LogP contribution in [-0.2, 0) is 19.2 Å². The van der Waals surface area contributed by atoms with Gasteiger partial charge in [-0.2, -0.15) is 0 Å². The number of hydrogen-bond donors (Lipinski definition) is 6. The highest BCUT2D eigenvalue weighted by atomic mass is 32.2. The number of unbranched alkanes of at least 4 members (excludes halogenated alkanes) is 28. The molecule has 0 radical (unpaired) electrons. The van der Waals surface area contributed by atoms with Gasteiger partial charge in [0, 0.05) is 63.6 Å². The molecule has 6 unspecified atom stereocenters. The van der Waals surface area contributed by atoms with Crippen LogP contribution in [0, 0.1) is 0 Å². The van der Waals surface area contributed by atoms with Gasteiger partial charge in [-0.15, -0.1) is 0 Å². The van der Waals surface area contributed by atoms with Gasteiger partial charge in [-0.25, -0.2) is 0 Å². The highest BCUT2D eigenvalue weighted by molar-refractivity contribution is 8.13. The molecule has 0 saturated carbocycles. The summed E-state index contributed by atoms with van der Waals surface area (Å²) in [6.07, 6.45) is 38.8. The lowest BCUT2D eigenvalue weighted by Gasteiger charge is -2.29. The minimum Gasteiger partial charge on any atom is -0.392 e. The van der Waals surface area contributed by atoms with Crippen molar-refractivity contribution in [3.63, 3.8) is 0 Å². The largest absolute Gasteiger partial charge is 0.392 e. The number of nitrogens with zero attached hydrogens (tertiary/aromatic N) is 2. The summed E-state index contributed by atoms with van der Waals surface area (Å²) >= 11 is 2.20. The topological polar surface area (TPSA) is 180 Å². The van der Waals surface area contributed by atoms with Crippen LogP contribution < -0.4 is 10.6 Å². The second-order valence-electron chi connectivity index (χ2n) is 22.2. The van der Waals surface area contributed by atoms with Crippen LogP contribution in [0.4, 0.5) is 0 Å². The van der Waals surface area contributed by atoms with E-state index < -0.39 is 48.3 Å². The minimum absolute atomic E-state index is 0.175. The third-order valence-electron chi connectivity index (χ3n) is 14.8. The molecule has 74 heavy (non-hydrogen) atoms.